The lowest BCUT2D eigenvalue weighted by Gasteiger charge is -2.20. The molecule has 0 atom stereocenters. The van der Waals surface area contributed by atoms with E-state index in [4.69, 9.17) is 4.74 Å². The summed E-state index contributed by atoms with van der Waals surface area (Å²) < 4.78 is 7.98. The van der Waals surface area contributed by atoms with Crippen LogP contribution in [-0.4, -0.2) is 44.4 Å². The van der Waals surface area contributed by atoms with E-state index in [1.54, 1.807) is 44.2 Å². The van der Waals surface area contributed by atoms with Gasteiger partial charge in [-0.15, -0.1) is 0 Å². The molecule has 10 nitrogen and oxygen atoms in total. The van der Waals surface area contributed by atoms with E-state index in [-0.39, 0.29) is 47.3 Å². The monoisotopic (exact) mass is 504 g/mol. The maximum absolute atomic E-state index is 13.4. The molecule has 0 spiro atoms. The van der Waals surface area contributed by atoms with Gasteiger partial charge in [-0.2, -0.15) is 0 Å². The third kappa shape index (κ3) is 4.43. The molecule has 3 amide bonds. The van der Waals surface area contributed by atoms with E-state index in [0.29, 0.717) is 5.75 Å². The largest absolute Gasteiger partial charge is 0.484 e. The van der Waals surface area contributed by atoms with Gasteiger partial charge in [-0.1, -0.05) is 25.0 Å². The highest BCUT2D eigenvalue weighted by Gasteiger charge is 2.36. The SMILES string of the molecule is CC(C)n1c(=O)c2cc(OCC(=O)NC3CCCC3)ccc2n(CN2C(=O)c3ccccc3C2=O)c1=O. The first-order valence-corrected chi connectivity index (χ1v) is 12.4. The van der Waals surface area contributed by atoms with Crippen LogP contribution in [0, 0.1) is 0 Å². The summed E-state index contributed by atoms with van der Waals surface area (Å²) in [5.74, 6) is -0.943. The Hall–Kier alpha value is -4.21. The Kier molecular flexibility index (Phi) is 6.41. The zero-order chi connectivity index (χ0) is 26.3. The fraction of sp³-hybridized carbons (Fsp3) is 0.370. The summed E-state index contributed by atoms with van der Waals surface area (Å²) in [6.45, 7) is 2.86. The van der Waals surface area contributed by atoms with E-state index < -0.39 is 29.1 Å². The number of imide groups is 1. The van der Waals surface area contributed by atoms with Crippen LogP contribution in [0.4, 0.5) is 0 Å². The number of nitrogens with zero attached hydrogens (tertiary/aromatic N) is 3. The van der Waals surface area contributed by atoms with E-state index >= 15 is 0 Å². The predicted molar refractivity (Wildman–Crippen MR) is 136 cm³/mol. The maximum atomic E-state index is 13.4. The fourth-order valence-corrected chi connectivity index (χ4v) is 5.05. The molecule has 10 heteroatoms. The Bertz CT molecular complexity index is 1500. The Labute approximate surface area is 212 Å². The van der Waals surface area contributed by atoms with Crippen molar-refractivity contribution in [3.05, 3.63) is 74.4 Å². The van der Waals surface area contributed by atoms with Crippen LogP contribution in [0.5, 0.6) is 5.75 Å². The molecule has 1 aromatic heterocycles. The van der Waals surface area contributed by atoms with Crippen LogP contribution in [0.15, 0.2) is 52.1 Å². The van der Waals surface area contributed by atoms with Gasteiger partial charge in [-0.25, -0.2) is 4.79 Å². The second kappa shape index (κ2) is 9.68. The average molecular weight is 505 g/mol. The van der Waals surface area contributed by atoms with E-state index in [9.17, 15) is 24.0 Å². The molecule has 1 saturated carbocycles. The molecule has 1 fully saturated rings. The standard InChI is InChI=1S/C27H28N4O6/c1-16(2)31-26(35)21-13-18(37-14-23(32)28-17-7-3-4-8-17)11-12-22(21)29(27(31)36)15-30-24(33)19-9-5-6-10-20(19)25(30)34/h5-6,9-13,16-17H,3-4,7-8,14-15H2,1-2H3,(H,28,32). The van der Waals surface area contributed by atoms with Crippen LogP contribution >= 0.6 is 0 Å². The lowest BCUT2D eigenvalue weighted by Crippen LogP contribution is -2.44. The summed E-state index contributed by atoms with van der Waals surface area (Å²) in [5.41, 5.74) is -0.350. The van der Waals surface area contributed by atoms with Crippen LogP contribution in [0.3, 0.4) is 0 Å². The van der Waals surface area contributed by atoms with Gasteiger partial charge in [0.2, 0.25) is 0 Å². The summed E-state index contributed by atoms with van der Waals surface area (Å²) in [6, 6.07) is 10.7. The Morgan fingerprint density at radius 1 is 1.00 bits per heavy atom. The summed E-state index contributed by atoms with van der Waals surface area (Å²) in [5, 5.41) is 3.13. The van der Waals surface area contributed by atoms with Crippen LogP contribution in [-0.2, 0) is 11.5 Å². The molecule has 1 N–H and O–H groups in total. The van der Waals surface area contributed by atoms with Gasteiger partial charge in [-0.3, -0.25) is 33.2 Å². The Morgan fingerprint density at radius 3 is 2.27 bits per heavy atom. The molecule has 37 heavy (non-hydrogen) atoms. The second-order valence-corrected chi connectivity index (χ2v) is 9.72. The predicted octanol–water partition coefficient (Wildman–Crippen LogP) is 2.44. The number of nitrogens with one attached hydrogen (secondary N) is 1. The topological polar surface area (TPSA) is 120 Å². The van der Waals surface area contributed by atoms with Gasteiger partial charge in [-0.05, 0) is 57.0 Å². The van der Waals surface area contributed by atoms with Crippen molar-refractivity contribution in [2.75, 3.05) is 6.61 Å². The van der Waals surface area contributed by atoms with Gasteiger partial charge >= 0.3 is 5.69 Å². The van der Waals surface area contributed by atoms with Crippen molar-refractivity contribution in [3.63, 3.8) is 0 Å². The van der Waals surface area contributed by atoms with Crippen molar-refractivity contribution in [2.45, 2.75) is 58.3 Å². The minimum Gasteiger partial charge on any atom is -0.484 e. The number of rotatable bonds is 7. The summed E-state index contributed by atoms with van der Waals surface area (Å²) in [4.78, 5) is 65.8. The first-order chi connectivity index (χ1) is 17.8. The maximum Gasteiger partial charge on any atom is 0.333 e. The molecule has 192 valence electrons. The molecule has 2 heterocycles. The first kappa shape index (κ1) is 24.5. The molecule has 0 saturated heterocycles. The number of hydrogen-bond donors (Lipinski definition) is 1. The van der Waals surface area contributed by atoms with Gasteiger partial charge in [0.25, 0.3) is 23.3 Å². The van der Waals surface area contributed by atoms with Crippen LogP contribution in [0.25, 0.3) is 10.9 Å². The van der Waals surface area contributed by atoms with Crippen molar-refractivity contribution in [1.82, 2.24) is 19.4 Å². The van der Waals surface area contributed by atoms with Gasteiger partial charge in [0.05, 0.1) is 22.0 Å². The molecule has 2 aromatic carbocycles. The number of amides is 3. The summed E-state index contributed by atoms with van der Waals surface area (Å²) in [7, 11) is 0. The quantitative estimate of drug-likeness (QED) is 0.494. The van der Waals surface area contributed by atoms with Crippen molar-refractivity contribution in [1.29, 1.82) is 0 Å². The van der Waals surface area contributed by atoms with Crippen molar-refractivity contribution >= 4 is 28.6 Å². The van der Waals surface area contributed by atoms with E-state index in [1.807, 2.05) is 0 Å². The zero-order valence-corrected chi connectivity index (χ0v) is 20.7. The number of hydrogen-bond acceptors (Lipinski definition) is 6. The van der Waals surface area contributed by atoms with Gasteiger partial charge < -0.3 is 10.1 Å². The first-order valence-electron chi connectivity index (χ1n) is 12.4. The molecular weight excluding hydrogens is 476 g/mol. The lowest BCUT2D eigenvalue weighted by molar-refractivity contribution is -0.123. The third-order valence-corrected chi connectivity index (χ3v) is 6.91. The normalized spacial score (nSPS) is 15.6. The molecule has 5 rings (SSSR count). The van der Waals surface area contributed by atoms with Crippen LogP contribution in [0.2, 0.25) is 0 Å². The number of aromatic nitrogens is 2. The number of carbonyl (C=O) groups is 3. The molecule has 0 bridgehead atoms. The minimum atomic E-state index is -0.631. The second-order valence-electron chi connectivity index (χ2n) is 9.72. The smallest absolute Gasteiger partial charge is 0.333 e. The number of fused-ring (bicyclic) bond motifs is 2. The fourth-order valence-electron chi connectivity index (χ4n) is 5.05. The highest BCUT2D eigenvalue weighted by molar-refractivity contribution is 6.21. The Balaban J connectivity index is 1.48. The minimum absolute atomic E-state index is 0.169. The molecule has 1 aliphatic carbocycles. The van der Waals surface area contributed by atoms with Crippen molar-refractivity contribution in [3.8, 4) is 5.75 Å². The molecule has 2 aliphatic rings. The number of carbonyl (C=O) groups excluding carboxylic acids is 3. The number of ether oxygens (including phenoxy) is 1. The average Bonchev–Trinajstić information content (AvgIpc) is 3.47. The molecule has 0 radical (unpaired) electrons. The molecular formula is C27H28N4O6. The van der Waals surface area contributed by atoms with E-state index in [1.165, 1.54) is 16.7 Å². The Morgan fingerprint density at radius 2 is 1.65 bits per heavy atom. The van der Waals surface area contributed by atoms with Crippen molar-refractivity contribution < 1.29 is 19.1 Å². The highest BCUT2D eigenvalue weighted by Crippen LogP contribution is 2.24. The zero-order valence-electron chi connectivity index (χ0n) is 20.7. The van der Waals surface area contributed by atoms with Gasteiger partial charge in [0.15, 0.2) is 6.61 Å². The molecule has 3 aromatic rings. The van der Waals surface area contributed by atoms with Gasteiger partial charge in [0.1, 0.15) is 12.4 Å². The third-order valence-electron chi connectivity index (χ3n) is 6.91. The summed E-state index contributed by atoms with van der Waals surface area (Å²) >= 11 is 0. The molecule has 0 unspecified atom stereocenters. The molecule has 1 aliphatic heterocycles. The van der Waals surface area contributed by atoms with Crippen molar-refractivity contribution in [2.24, 2.45) is 0 Å². The van der Waals surface area contributed by atoms with E-state index in [2.05, 4.69) is 5.32 Å². The number of benzene rings is 2. The lowest BCUT2D eigenvalue weighted by atomic mass is 10.1. The van der Waals surface area contributed by atoms with Gasteiger partial charge in [0, 0.05) is 12.1 Å². The van der Waals surface area contributed by atoms with Crippen LogP contribution < -0.4 is 21.3 Å². The highest BCUT2D eigenvalue weighted by atomic mass is 16.5. The van der Waals surface area contributed by atoms with Crippen LogP contribution in [0.1, 0.15) is 66.3 Å². The van der Waals surface area contributed by atoms with E-state index in [0.717, 1.165) is 35.2 Å². The summed E-state index contributed by atoms with van der Waals surface area (Å²) in [6.07, 6.45) is 4.12.